The second-order valence-electron chi connectivity index (χ2n) is 11.7. The molecule has 7 rings (SSSR count). The van der Waals surface area contributed by atoms with Crippen LogP contribution in [0.4, 0.5) is 0 Å². The Balaban J connectivity index is 1.22. The topological polar surface area (TPSA) is 123 Å². The van der Waals surface area contributed by atoms with Crippen LogP contribution in [0, 0.1) is 0 Å². The first-order valence-electron chi connectivity index (χ1n) is 15.2. The Labute approximate surface area is 254 Å². The van der Waals surface area contributed by atoms with Gasteiger partial charge in [0, 0.05) is 22.5 Å². The zero-order valence-corrected chi connectivity index (χ0v) is 24.4. The Morgan fingerprint density at radius 2 is 1.00 bits per heavy atom. The van der Waals surface area contributed by atoms with E-state index in [0.29, 0.717) is 13.1 Å². The van der Waals surface area contributed by atoms with Crippen LogP contribution in [-0.2, 0) is 38.8 Å². The zero-order valence-electron chi connectivity index (χ0n) is 24.4. The molecule has 9 nitrogen and oxygen atoms in total. The molecule has 3 heterocycles. The Bertz CT molecular complexity index is 1740. The van der Waals surface area contributed by atoms with Crippen molar-refractivity contribution in [3.8, 4) is 22.8 Å². The number of fused-ring (bicyclic) bond motifs is 2. The lowest BCUT2D eigenvalue weighted by atomic mass is 9.93. The van der Waals surface area contributed by atoms with Crippen molar-refractivity contribution in [3.05, 3.63) is 111 Å². The van der Waals surface area contributed by atoms with Gasteiger partial charge in [-0.25, -0.2) is 14.6 Å². The minimum atomic E-state index is -0.929. The minimum absolute atomic E-state index is 0.277. The summed E-state index contributed by atoms with van der Waals surface area (Å²) in [4.78, 5) is 27.7. The highest BCUT2D eigenvalue weighted by Crippen LogP contribution is 2.34. The van der Waals surface area contributed by atoms with Crippen molar-refractivity contribution in [2.75, 3.05) is 0 Å². The quantitative estimate of drug-likeness (QED) is 0.226. The van der Waals surface area contributed by atoms with E-state index in [1.807, 2.05) is 42.5 Å². The summed E-state index contributed by atoms with van der Waals surface area (Å²) in [7, 11) is 0. The molecule has 9 heteroatoms. The first kappa shape index (κ1) is 27.8. The van der Waals surface area contributed by atoms with Gasteiger partial charge in [0.2, 0.25) is 0 Å². The second-order valence-corrected chi connectivity index (χ2v) is 11.7. The largest absolute Gasteiger partial charge is 0.478 e. The van der Waals surface area contributed by atoms with E-state index in [1.54, 1.807) is 24.3 Å². The van der Waals surface area contributed by atoms with E-state index in [4.69, 9.17) is 15.2 Å². The van der Waals surface area contributed by atoms with E-state index in [-0.39, 0.29) is 11.1 Å². The van der Waals surface area contributed by atoms with Gasteiger partial charge >= 0.3 is 11.9 Å². The van der Waals surface area contributed by atoms with Crippen LogP contribution in [-0.4, -0.2) is 46.7 Å². The van der Waals surface area contributed by atoms with Gasteiger partial charge in [-0.2, -0.15) is 10.2 Å². The summed E-state index contributed by atoms with van der Waals surface area (Å²) in [6.45, 7) is 1.15. The molecule has 0 fully saturated rings. The van der Waals surface area contributed by atoms with Gasteiger partial charge in [-0.1, -0.05) is 30.3 Å². The lowest BCUT2D eigenvalue weighted by Crippen LogP contribution is -2.10. The van der Waals surface area contributed by atoms with E-state index in [1.165, 1.54) is 22.5 Å². The highest BCUT2D eigenvalue weighted by atomic mass is 16.4. The first-order valence-corrected chi connectivity index (χ1v) is 15.2. The molecule has 2 N–H and O–H groups in total. The van der Waals surface area contributed by atoms with Crippen LogP contribution < -0.4 is 0 Å². The van der Waals surface area contributed by atoms with Crippen LogP contribution in [0.15, 0.2) is 66.7 Å². The molecule has 0 unspecified atom stereocenters. The molecule has 0 spiro atoms. The smallest absolute Gasteiger partial charge is 0.335 e. The summed E-state index contributed by atoms with van der Waals surface area (Å²) in [6, 6.07) is 20.1. The molecule has 0 bridgehead atoms. The molecule has 0 radical (unpaired) electrons. The Hall–Kier alpha value is -5.05. The van der Waals surface area contributed by atoms with Crippen molar-refractivity contribution < 1.29 is 19.8 Å². The summed E-state index contributed by atoms with van der Waals surface area (Å²) >= 11 is 0. The molecular weight excluding hydrogens is 554 g/mol. The maximum Gasteiger partial charge on any atom is 0.335 e. The van der Waals surface area contributed by atoms with Crippen molar-refractivity contribution >= 4 is 11.9 Å². The van der Waals surface area contributed by atoms with Crippen LogP contribution in [0.2, 0.25) is 0 Å². The van der Waals surface area contributed by atoms with Crippen molar-refractivity contribution in [1.82, 2.24) is 24.5 Å². The van der Waals surface area contributed by atoms with Gasteiger partial charge in [-0.05, 0) is 98.9 Å². The fourth-order valence-corrected chi connectivity index (χ4v) is 6.56. The third-order valence-electron chi connectivity index (χ3n) is 8.81. The summed E-state index contributed by atoms with van der Waals surface area (Å²) in [5, 5.41) is 28.7. The number of nitrogens with zero attached hydrogens (tertiary/aromatic N) is 5. The number of aromatic carboxylic acids is 2. The van der Waals surface area contributed by atoms with Gasteiger partial charge in [0.15, 0.2) is 0 Å². The Kier molecular flexibility index (Phi) is 7.29. The molecule has 2 aromatic carbocycles. The minimum Gasteiger partial charge on any atom is -0.478 e. The molecule has 0 saturated carbocycles. The maximum absolute atomic E-state index is 11.3. The predicted octanol–water partition coefficient (Wildman–Crippen LogP) is 6.06. The molecule has 5 aromatic rings. The normalized spacial score (nSPS) is 14.2. The molecule has 0 saturated heterocycles. The Morgan fingerprint density at radius 1 is 0.591 bits per heavy atom. The van der Waals surface area contributed by atoms with Crippen LogP contribution in [0.3, 0.4) is 0 Å². The van der Waals surface area contributed by atoms with Gasteiger partial charge in [0.05, 0.1) is 35.6 Å². The average molecular weight is 588 g/mol. The third kappa shape index (κ3) is 5.30. The summed E-state index contributed by atoms with van der Waals surface area (Å²) in [6.07, 6.45) is 8.30. The van der Waals surface area contributed by atoms with Crippen LogP contribution >= 0.6 is 0 Å². The predicted molar refractivity (Wildman–Crippen MR) is 165 cm³/mol. The molecule has 0 atom stereocenters. The highest BCUT2D eigenvalue weighted by molar-refractivity contribution is 5.88. The van der Waals surface area contributed by atoms with E-state index in [2.05, 4.69) is 9.36 Å². The molecule has 3 aromatic heterocycles. The van der Waals surface area contributed by atoms with Gasteiger partial charge in [-0.15, -0.1) is 0 Å². The van der Waals surface area contributed by atoms with Crippen molar-refractivity contribution in [1.29, 1.82) is 0 Å². The van der Waals surface area contributed by atoms with Crippen LogP contribution in [0.5, 0.6) is 0 Å². The molecular formula is C35H33N5O4. The Morgan fingerprint density at radius 3 is 1.41 bits per heavy atom. The number of hydrogen-bond acceptors (Lipinski definition) is 5. The zero-order chi connectivity index (χ0) is 30.2. The lowest BCUT2D eigenvalue weighted by molar-refractivity contribution is 0.0686. The SMILES string of the molecule is O=C(O)c1ccc(Cn2nc(-c3cccc(-c4nn(Cc5ccc(C(=O)O)cc5)c5c4CCCC5)n3)c3c2CCCC3)cc1. The number of pyridine rings is 1. The summed E-state index contributed by atoms with van der Waals surface area (Å²) in [5.41, 5.74) is 11.0. The first-order chi connectivity index (χ1) is 21.4. The van der Waals surface area contributed by atoms with Crippen LogP contribution in [0.1, 0.15) is 80.0 Å². The van der Waals surface area contributed by atoms with Gasteiger partial charge in [0.1, 0.15) is 11.4 Å². The molecule has 0 amide bonds. The number of rotatable bonds is 8. The number of carbonyl (C=O) groups is 2. The molecule has 2 aliphatic rings. The molecule has 44 heavy (non-hydrogen) atoms. The van der Waals surface area contributed by atoms with Gasteiger partial charge < -0.3 is 10.2 Å². The van der Waals surface area contributed by atoms with E-state index in [9.17, 15) is 19.8 Å². The maximum atomic E-state index is 11.3. The fourth-order valence-electron chi connectivity index (χ4n) is 6.56. The fraction of sp³-hybridized carbons (Fsp3) is 0.286. The van der Waals surface area contributed by atoms with Crippen LogP contribution in [0.25, 0.3) is 22.8 Å². The summed E-state index contributed by atoms with van der Waals surface area (Å²) in [5.74, 6) is -1.86. The van der Waals surface area contributed by atoms with E-state index in [0.717, 1.165) is 85.3 Å². The number of carboxylic acids is 2. The molecule has 2 aliphatic carbocycles. The van der Waals surface area contributed by atoms with Gasteiger partial charge in [-0.3, -0.25) is 9.36 Å². The highest BCUT2D eigenvalue weighted by Gasteiger charge is 2.26. The number of hydrogen-bond donors (Lipinski definition) is 2. The van der Waals surface area contributed by atoms with Crippen molar-refractivity contribution in [3.63, 3.8) is 0 Å². The lowest BCUT2D eigenvalue weighted by Gasteiger charge is -2.15. The third-order valence-corrected chi connectivity index (χ3v) is 8.81. The van der Waals surface area contributed by atoms with E-state index < -0.39 is 11.9 Å². The number of aromatic nitrogens is 5. The number of benzene rings is 2. The van der Waals surface area contributed by atoms with E-state index >= 15 is 0 Å². The summed E-state index contributed by atoms with van der Waals surface area (Å²) < 4.78 is 4.14. The average Bonchev–Trinajstić information content (AvgIpc) is 3.60. The second kappa shape index (κ2) is 11.6. The molecule has 222 valence electrons. The molecule has 0 aliphatic heterocycles. The van der Waals surface area contributed by atoms with Gasteiger partial charge in [0.25, 0.3) is 0 Å². The monoisotopic (exact) mass is 587 g/mol. The van der Waals surface area contributed by atoms with Crippen molar-refractivity contribution in [2.24, 2.45) is 0 Å². The standard InChI is InChI=1S/C35H33N5O4/c41-34(42)24-16-12-22(13-17-24)20-39-30-10-3-1-6-26(30)32(37-39)28-8-5-9-29(36-28)33-27-7-2-4-11-31(27)40(38-33)21-23-14-18-25(19-15-23)35(43)44/h5,8-9,12-19H,1-4,6-7,10-11,20-21H2,(H,41,42)(H,43,44). The van der Waals surface area contributed by atoms with Crippen molar-refractivity contribution in [2.45, 2.75) is 64.5 Å². The number of carboxylic acid groups (broad SMARTS) is 2.